The minimum absolute atomic E-state index is 0.0829. The van der Waals surface area contributed by atoms with E-state index >= 15 is 0 Å². The molecule has 434 valence electrons. The fraction of sp³-hybridized carbons (Fsp3) is 0.0870. The van der Waals surface area contributed by atoms with Crippen molar-refractivity contribution in [3.05, 3.63) is 266 Å². The Balaban J connectivity index is 0.000000115. The molecule has 16 nitrogen and oxygen atoms in total. The van der Waals surface area contributed by atoms with Crippen LogP contribution in [0.4, 0.5) is 29.0 Å². The van der Waals surface area contributed by atoms with Gasteiger partial charge >= 0.3 is 0 Å². The lowest BCUT2D eigenvalue weighted by Crippen LogP contribution is -2.07. The van der Waals surface area contributed by atoms with E-state index in [-0.39, 0.29) is 10.8 Å². The van der Waals surface area contributed by atoms with E-state index in [4.69, 9.17) is 39.2 Å². The first-order chi connectivity index (χ1) is 42.9. The van der Waals surface area contributed by atoms with Crippen LogP contribution in [-0.4, -0.2) is 63.0 Å². The number of para-hydroxylation sites is 1. The Hall–Kier alpha value is -10.5. The molecular formula is C69H55Cl3N14O2. The zero-order valence-corrected chi connectivity index (χ0v) is 50.3. The van der Waals surface area contributed by atoms with Crippen LogP contribution in [0.3, 0.4) is 0 Å². The second kappa shape index (κ2) is 26.0. The minimum atomic E-state index is -0.0829. The molecule has 0 bridgehead atoms. The smallest absolute Gasteiger partial charge is 0.248 e. The van der Waals surface area contributed by atoms with Gasteiger partial charge in [0.1, 0.15) is 28.5 Å². The van der Waals surface area contributed by atoms with E-state index in [0.29, 0.717) is 27.5 Å². The van der Waals surface area contributed by atoms with Crippen LogP contribution >= 0.6 is 34.8 Å². The number of aromatic amines is 1. The molecule has 0 spiro atoms. The molecule has 0 atom stereocenters. The van der Waals surface area contributed by atoms with Gasteiger partial charge in [-0.05, 0) is 108 Å². The average molecular weight is 1220 g/mol. The predicted octanol–water partition coefficient (Wildman–Crippen LogP) is 16.4. The Morgan fingerprint density at radius 3 is 1.85 bits per heavy atom. The number of aromatic nitrogens is 9. The molecule has 19 heteroatoms. The van der Waals surface area contributed by atoms with Gasteiger partial charge in [-0.2, -0.15) is 35.2 Å². The van der Waals surface area contributed by atoms with Gasteiger partial charge in [0, 0.05) is 81.5 Å². The molecule has 6 aromatic heterocycles. The maximum absolute atomic E-state index is 11.5. The van der Waals surface area contributed by atoms with Crippen LogP contribution in [0.5, 0.6) is 0 Å². The highest BCUT2D eigenvalue weighted by atomic mass is 35.5. The van der Waals surface area contributed by atoms with Gasteiger partial charge in [0.2, 0.25) is 16.8 Å². The molecule has 0 aliphatic heterocycles. The van der Waals surface area contributed by atoms with Crippen LogP contribution in [0, 0.1) is 13.8 Å². The number of nitrogens with zero attached hydrogens (tertiary/aromatic N) is 10. The number of anilines is 5. The fourth-order valence-corrected chi connectivity index (χ4v) is 10.8. The number of halogens is 3. The second-order valence-corrected chi connectivity index (χ2v) is 21.9. The van der Waals surface area contributed by atoms with E-state index in [9.17, 15) is 4.79 Å². The minimum Gasteiger partial charge on any atom is -0.456 e. The number of aryl methyl sites for hydroxylation is 4. The van der Waals surface area contributed by atoms with E-state index in [0.717, 1.165) is 107 Å². The quantitative estimate of drug-likeness (QED) is 0.0578. The van der Waals surface area contributed by atoms with E-state index in [1.54, 1.807) is 34.0 Å². The van der Waals surface area contributed by atoms with Gasteiger partial charge in [-0.15, -0.1) is 5.10 Å². The van der Waals surface area contributed by atoms with E-state index in [1.165, 1.54) is 22.3 Å². The molecule has 0 amide bonds. The molecule has 6 heterocycles. The topological polar surface area (TPSA) is 194 Å². The standard InChI is InChI=1S/C21H16N2.C18H14Cl2N6.C16H11NO2.C14H14ClN5/c1-15-10-12-16(13-11-15)14-22-23-21-19-8-4-2-6-17(19)18-7-3-5-9-20(18)21;1-26-17-15(10-21-26)16(22-13-6-2-4-11(19)8-13)24-18(25-17)23-14-7-3-5-12(20)9-14;1-9-6-16(18)17-13-8-15-12(7-11(9)13)10-4-2-3-5-14(10)19-15;1-20-13-11(9-17-20)12(18-14(15)19-13)16-8-7-10-5-3-2-4-6-10/h2-14H,1H3;2-10H,1H3,(H2,22,23,24,25);2-8H,1H3,(H,17,18);2-6,9H,7-8H2,1H3,(H,16,18,19)/b22-14+;;;. The molecule has 15 rings (SSSR count). The summed E-state index contributed by atoms with van der Waals surface area (Å²) in [6.45, 7) is 4.81. The summed E-state index contributed by atoms with van der Waals surface area (Å²) in [5.41, 5.74) is 15.7. The fourth-order valence-electron chi connectivity index (χ4n) is 10.2. The maximum atomic E-state index is 11.5. The Labute approximate surface area is 520 Å². The zero-order valence-electron chi connectivity index (χ0n) is 48.0. The summed E-state index contributed by atoms with van der Waals surface area (Å²) < 4.78 is 9.20. The molecule has 0 saturated carbocycles. The molecule has 0 saturated heterocycles. The molecule has 8 aromatic carbocycles. The van der Waals surface area contributed by atoms with Gasteiger partial charge in [-0.25, -0.2) is 0 Å². The van der Waals surface area contributed by atoms with Crippen molar-refractivity contribution >= 4 is 131 Å². The van der Waals surface area contributed by atoms with Crippen LogP contribution in [0.1, 0.15) is 33.4 Å². The number of pyridine rings is 1. The van der Waals surface area contributed by atoms with Gasteiger partial charge < -0.3 is 25.4 Å². The third-order valence-corrected chi connectivity index (χ3v) is 15.2. The lowest BCUT2D eigenvalue weighted by molar-refractivity contribution is 0.669. The van der Waals surface area contributed by atoms with E-state index in [1.807, 2.05) is 130 Å². The number of hydrogen-bond acceptors (Lipinski definition) is 13. The number of nitrogens with one attached hydrogen (secondary N) is 4. The van der Waals surface area contributed by atoms with Crippen molar-refractivity contribution in [1.29, 1.82) is 0 Å². The van der Waals surface area contributed by atoms with Gasteiger partial charge in [0.05, 0.1) is 34.9 Å². The molecule has 0 fully saturated rings. The number of rotatable bonds is 10. The van der Waals surface area contributed by atoms with Crippen molar-refractivity contribution in [1.82, 2.24) is 44.5 Å². The normalized spacial score (nSPS) is 11.4. The first kappa shape index (κ1) is 57.9. The van der Waals surface area contributed by atoms with Gasteiger partial charge in [0.15, 0.2) is 11.3 Å². The van der Waals surface area contributed by atoms with Crippen molar-refractivity contribution in [2.24, 2.45) is 24.3 Å². The summed E-state index contributed by atoms with van der Waals surface area (Å²) in [6, 6.07) is 63.6. The Bertz CT molecular complexity index is 4930. The van der Waals surface area contributed by atoms with Crippen LogP contribution in [0.25, 0.3) is 66.0 Å². The van der Waals surface area contributed by atoms with Crippen LogP contribution in [0.2, 0.25) is 15.3 Å². The first-order valence-electron chi connectivity index (χ1n) is 28.1. The van der Waals surface area contributed by atoms with Crippen LogP contribution in [-0.2, 0) is 20.5 Å². The highest BCUT2D eigenvalue weighted by molar-refractivity contribution is 6.31. The number of furan rings is 1. The Kier molecular flexibility index (Phi) is 17.1. The van der Waals surface area contributed by atoms with E-state index in [2.05, 4.69) is 147 Å². The highest BCUT2D eigenvalue weighted by Crippen LogP contribution is 2.37. The highest BCUT2D eigenvalue weighted by Gasteiger charge is 2.24. The zero-order chi connectivity index (χ0) is 60.7. The molecule has 0 radical (unpaired) electrons. The SMILES string of the molecule is Cc1cc(=O)[nH]c2cc3oc4ccccc4c3cc12.Cc1ccc(/C=N/N=C2c3ccccc3-c3ccccc32)cc1.Cn1ncc2c(NCCc3ccccc3)nc(Cl)nc21.Cn1ncc2c(Nc3cccc(Cl)c3)nc(Nc3cccc(Cl)c3)nc21. The average Bonchev–Trinajstić information content (AvgIpc) is 2.57. The van der Waals surface area contributed by atoms with Crippen LogP contribution in [0.15, 0.2) is 226 Å². The maximum Gasteiger partial charge on any atom is 0.248 e. The number of hydrogen-bond donors (Lipinski definition) is 4. The van der Waals surface area contributed by atoms with Crippen molar-refractivity contribution in [3.63, 3.8) is 0 Å². The van der Waals surface area contributed by atoms with Gasteiger partial charge in [-0.1, -0.05) is 162 Å². The Morgan fingerprint density at radius 1 is 0.557 bits per heavy atom. The summed E-state index contributed by atoms with van der Waals surface area (Å²) in [5, 5.41) is 33.5. The molecule has 1 aliphatic rings. The van der Waals surface area contributed by atoms with Gasteiger partial charge in [0.25, 0.3) is 0 Å². The van der Waals surface area contributed by atoms with Crippen molar-refractivity contribution < 1.29 is 4.42 Å². The summed E-state index contributed by atoms with van der Waals surface area (Å²) in [7, 11) is 3.67. The van der Waals surface area contributed by atoms with E-state index < -0.39 is 0 Å². The summed E-state index contributed by atoms with van der Waals surface area (Å²) in [4.78, 5) is 31.9. The van der Waals surface area contributed by atoms with Gasteiger partial charge in [-0.3, -0.25) is 14.2 Å². The third kappa shape index (κ3) is 13.1. The molecule has 4 N–H and O–H groups in total. The summed E-state index contributed by atoms with van der Waals surface area (Å²) >= 11 is 18.1. The van der Waals surface area contributed by atoms with Crippen molar-refractivity contribution in [3.8, 4) is 11.1 Å². The predicted molar refractivity (Wildman–Crippen MR) is 359 cm³/mol. The second-order valence-electron chi connectivity index (χ2n) is 20.7. The lowest BCUT2D eigenvalue weighted by Gasteiger charge is -2.11. The molecule has 14 aromatic rings. The summed E-state index contributed by atoms with van der Waals surface area (Å²) in [5.74, 6) is 1.80. The number of benzene rings is 8. The molecule has 88 heavy (non-hydrogen) atoms. The lowest BCUT2D eigenvalue weighted by atomic mass is 10.1. The number of H-pyrrole nitrogens is 1. The molecule has 1 aliphatic carbocycles. The monoisotopic (exact) mass is 1220 g/mol. The van der Waals surface area contributed by atoms with Crippen molar-refractivity contribution in [2.45, 2.75) is 20.3 Å². The molecular weight excluding hydrogens is 1160 g/mol. The van der Waals surface area contributed by atoms with Crippen molar-refractivity contribution in [2.75, 3.05) is 22.5 Å². The summed E-state index contributed by atoms with van der Waals surface area (Å²) in [6.07, 6.45) is 6.20. The number of fused-ring (bicyclic) bond motifs is 9. The first-order valence-corrected chi connectivity index (χ1v) is 29.2. The Morgan fingerprint density at radius 2 is 1.17 bits per heavy atom. The molecule has 0 unspecified atom stereocenters. The largest absolute Gasteiger partial charge is 0.456 e. The third-order valence-electron chi connectivity index (χ3n) is 14.5. The van der Waals surface area contributed by atoms with Crippen LogP contribution < -0.4 is 21.5 Å².